The van der Waals surface area contributed by atoms with E-state index in [9.17, 15) is 5.11 Å². The van der Waals surface area contributed by atoms with Gasteiger partial charge in [-0.1, -0.05) is 18.2 Å². The Labute approximate surface area is 95.7 Å². The molecule has 2 bridgehead atoms. The third kappa shape index (κ3) is 1.32. The third-order valence-corrected chi connectivity index (χ3v) is 4.25. The molecule has 0 amide bonds. The van der Waals surface area contributed by atoms with Crippen LogP contribution in [0.4, 0.5) is 0 Å². The first-order chi connectivity index (χ1) is 7.64. The van der Waals surface area contributed by atoms with Crippen molar-refractivity contribution < 1.29 is 14.6 Å². The highest BCUT2D eigenvalue weighted by Gasteiger charge is 2.54. The van der Waals surface area contributed by atoms with Crippen LogP contribution in [0.1, 0.15) is 26.2 Å². The number of allylic oxidation sites excluding steroid dienone is 3. The van der Waals surface area contributed by atoms with E-state index < -0.39 is 12.4 Å². The molecule has 2 fully saturated rings. The van der Waals surface area contributed by atoms with Gasteiger partial charge < -0.3 is 14.6 Å². The van der Waals surface area contributed by atoms with Crippen molar-refractivity contribution >= 4 is 0 Å². The third-order valence-electron chi connectivity index (χ3n) is 4.25. The van der Waals surface area contributed by atoms with Crippen LogP contribution in [0.15, 0.2) is 23.8 Å². The van der Waals surface area contributed by atoms with Gasteiger partial charge >= 0.3 is 0 Å². The molecule has 2 unspecified atom stereocenters. The van der Waals surface area contributed by atoms with E-state index in [2.05, 4.69) is 13.5 Å². The molecular formula is C13H18O3. The lowest BCUT2D eigenvalue weighted by molar-refractivity contribution is -0.203. The molecule has 16 heavy (non-hydrogen) atoms. The highest BCUT2D eigenvalue weighted by atomic mass is 16.7. The van der Waals surface area contributed by atoms with E-state index in [1.54, 1.807) is 0 Å². The standard InChI is InChI=1S/C13H18O3/c1-3-9-5-13(4-8(9)2)6-10-7-15-12(16-10)11(13)14/h3,10-12,14H,1,4-7H2,2H3/t10-,11?,12+,13?/m0/s1. The Hall–Kier alpha value is -0.640. The second kappa shape index (κ2) is 3.42. The molecule has 1 N–H and O–H groups in total. The largest absolute Gasteiger partial charge is 0.387 e. The molecule has 0 radical (unpaired) electrons. The summed E-state index contributed by atoms with van der Waals surface area (Å²) in [6.07, 6.45) is 3.96. The fourth-order valence-corrected chi connectivity index (χ4v) is 3.44. The molecule has 2 saturated heterocycles. The Balaban J connectivity index is 1.88. The van der Waals surface area contributed by atoms with Crippen molar-refractivity contribution in [1.29, 1.82) is 0 Å². The monoisotopic (exact) mass is 222 g/mol. The van der Waals surface area contributed by atoms with Crippen LogP contribution >= 0.6 is 0 Å². The molecule has 0 aromatic heterocycles. The number of hydrogen-bond donors (Lipinski definition) is 1. The summed E-state index contributed by atoms with van der Waals surface area (Å²) in [6, 6.07) is 0. The minimum atomic E-state index is -0.501. The summed E-state index contributed by atoms with van der Waals surface area (Å²) in [6.45, 7) is 6.61. The minimum absolute atomic E-state index is 0.0578. The van der Waals surface area contributed by atoms with Gasteiger partial charge in [0.25, 0.3) is 0 Å². The van der Waals surface area contributed by atoms with Gasteiger partial charge in [0.15, 0.2) is 6.29 Å². The van der Waals surface area contributed by atoms with Crippen LogP contribution in [0.25, 0.3) is 0 Å². The van der Waals surface area contributed by atoms with Crippen LogP contribution in [0.2, 0.25) is 0 Å². The first kappa shape index (κ1) is 10.5. The Morgan fingerprint density at radius 1 is 1.50 bits per heavy atom. The fraction of sp³-hybridized carbons (Fsp3) is 0.692. The maximum atomic E-state index is 10.4. The predicted molar refractivity (Wildman–Crippen MR) is 59.8 cm³/mol. The van der Waals surface area contributed by atoms with Gasteiger partial charge in [0.2, 0.25) is 0 Å². The average Bonchev–Trinajstić information content (AvgIpc) is 2.80. The second-order valence-corrected chi connectivity index (χ2v) is 5.33. The summed E-state index contributed by atoms with van der Waals surface area (Å²) < 4.78 is 11.0. The van der Waals surface area contributed by atoms with Gasteiger partial charge in [-0.3, -0.25) is 0 Å². The lowest BCUT2D eigenvalue weighted by atomic mass is 9.72. The van der Waals surface area contributed by atoms with Gasteiger partial charge in [-0.05, 0) is 31.8 Å². The number of hydrogen-bond acceptors (Lipinski definition) is 3. The Morgan fingerprint density at radius 3 is 3.00 bits per heavy atom. The molecule has 0 saturated carbocycles. The highest BCUT2D eigenvalue weighted by Crippen LogP contribution is 2.53. The first-order valence-corrected chi connectivity index (χ1v) is 5.91. The SMILES string of the molecule is C=CC1=C(C)CC2(C1)C[C@H]1CO[C@H](O1)C2O. The summed E-state index contributed by atoms with van der Waals surface area (Å²) in [7, 11) is 0. The molecule has 88 valence electrons. The summed E-state index contributed by atoms with van der Waals surface area (Å²) in [5, 5.41) is 10.4. The van der Waals surface area contributed by atoms with E-state index in [1.165, 1.54) is 11.1 Å². The zero-order valence-electron chi connectivity index (χ0n) is 9.61. The van der Waals surface area contributed by atoms with Gasteiger partial charge in [-0.15, -0.1) is 0 Å². The zero-order chi connectivity index (χ0) is 11.3. The summed E-state index contributed by atoms with van der Waals surface area (Å²) in [5.74, 6) is 0. The Kier molecular flexibility index (Phi) is 2.25. The molecule has 1 aliphatic carbocycles. The van der Waals surface area contributed by atoms with Crippen LogP contribution in [0.5, 0.6) is 0 Å². The minimum Gasteiger partial charge on any atom is -0.387 e. The molecule has 3 aliphatic rings. The Morgan fingerprint density at radius 2 is 2.31 bits per heavy atom. The van der Waals surface area contributed by atoms with E-state index in [0.29, 0.717) is 6.61 Å². The van der Waals surface area contributed by atoms with Gasteiger partial charge in [0.1, 0.15) is 6.10 Å². The van der Waals surface area contributed by atoms with Crippen molar-refractivity contribution in [3.05, 3.63) is 23.8 Å². The van der Waals surface area contributed by atoms with Crippen LogP contribution in [-0.4, -0.2) is 30.2 Å². The van der Waals surface area contributed by atoms with Gasteiger partial charge in [-0.25, -0.2) is 0 Å². The van der Waals surface area contributed by atoms with Crippen molar-refractivity contribution in [3.63, 3.8) is 0 Å². The number of ether oxygens (including phenoxy) is 2. The molecule has 4 atom stereocenters. The number of aliphatic hydroxyl groups is 1. The molecular weight excluding hydrogens is 204 g/mol. The second-order valence-electron chi connectivity index (χ2n) is 5.33. The van der Waals surface area contributed by atoms with Crippen LogP contribution < -0.4 is 0 Å². The highest BCUT2D eigenvalue weighted by molar-refractivity contribution is 5.32. The molecule has 3 heteroatoms. The molecule has 2 aliphatic heterocycles. The topological polar surface area (TPSA) is 38.7 Å². The maximum absolute atomic E-state index is 10.4. The molecule has 3 nitrogen and oxygen atoms in total. The molecule has 1 spiro atoms. The van der Waals surface area contributed by atoms with Crippen molar-refractivity contribution in [2.45, 2.75) is 44.7 Å². The van der Waals surface area contributed by atoms with E-state index in [1.807, 2.05) is 6.08 Å². The smallest absolute Gasteiger partial charge is 0.184 e. The van der Waals surface area contributed by atoms with E-state index >= 15 is 0 Å². The fourth-order valence-electron chi connectivity index (χ4n) is 3.44. The van der Waals surface area contributed by atoms with Gasteiger partial charge in [-0.2, -0.15) is 0 Å². The van der Waals surface area contributed by atoms with E-state index in [4.69, 9.17) is 9.47 Å². The lowest BCUT2D eigenvalue weighted by Gasteiger charge is -2.41. The van der Waals surface area contributed by atoms with Crippen molar-refractivity contribution in [2.75, 3.05) is 6.61 Å². The average molecular weight is 222 g/mol. The Bertz CT molecular complexity index is 360. The summed E-state index contributed by atoms with van der Waals surface area (Å²) >= 11 is 0. The van der Waals surface area contributed by atoms with Crippen LogP contribution in [0, 0.1) is 5.41 Å². The first-order valence-electron chi connectivity index (χ1n) is 5.91. The molecule has 2 heterocycles. The maximum Gasteiger partial charge on any atom is 0.184 e. The van der Waals surface area contributed by atoms with Crippen LogP contribution in [-0.2, 0) is 9.47 Å². The molecule has 0 aromatic carbocycles. The number of fused-ring (bicyclic) bond motifs is 2. The van der Waals surface area contributed by atoms with Crippen molar-refractivity contribution in [3.8, 4) is 0 Å². The number of rotatable bonds is 1. The van der Waals surface area contributed by atoms with Crippen LogP contribution in [0.3, 0.4) is 0 Å². The van der Waals surface area contributed by atoms with Gasteiger partial charge in [0.05, 0.1) is 12.7 Å². The van der Waals surface area contributed by atoms with E-state index in [0.717, 1.165) is 19.3 Å². The van der Waals surface area contributed by atoms with Crippen molar-refractivity contribution in [2.24, 2.45) is 5.41 Å². The van der Waals surface area contributed by atoms with E-state index in [-0.39, 0.29) is 11.5 Å². The van der Waals surface area contributed by atoms with Crippen molar-refractivity contribution in [1.82, 2.24) is 0 Å². The molecule has 0 aromatic rings. The quantitative estimate of drug-likeness (QED) is 0.735. The summed E-state index contributed by atoms with van der Waals surface area (Å²) in [4.78, 5) is 0. The zero-order valence-corrected chi connectivity index (χ0v) is 9.61. The normalized spacial score (nSPS) is 46.8. The summed E-state index contributed by atoms with van der Waals surface area (Å²) in [5.41, 5.74) is 2.59. The molecule has 3 rings (SSSR count). The lowest BCUT2D eigenvalue weighted by Crippen LogP contribution is -2.48. The number of aliphatic hydroxyl groups excluding tert-OH is 1. The van der Waals surface area contributed by atoms with Gasteiger partial charge in [0, 0.05) is 5.41 Å². The predicted octanol–water partition coefficient (Wildman–Crippen LogP) is 1.78.